The lowest BCUT2D eigenvalue weighted by Crippen LogP contribution is -2.13. The number of carbonyl (C=O) groups is 1. The maximum Gasteiger partial charge on any atom is 0.256 e. The number of hydrogen-bond donors (Lipinski definition) is 1. The molecule has 1 amide bonds. The molecule has 0 saturated carbocycles. The van der Waals surface area contributed by atoms with E-state index in [1.54, 1.807) is 41.6 Å². The molecule has 0 bridgehead atoms. The van der Waals surface area contributed by atoms with Crippen molar-refractivity contribution in [1.82, 2.24) is 9.97 Å². The topological polar surface area (TPSA) is 54.9 Å². The molecule has 1 N–H and O–H groups in total. The number of thioether (sulfide) groups is 1. The van der Waals surface area contributed by atoms with Crippen molar-refractivity contribution < 1.29 is 4.79 Å². The molecular weight excluding hydrogens is 326 g/mol. The Morgan fingerprint density at radius 3 is 2.87 bits per heavy atom. The predicted molar refractivity (Wildman–Crippen MR) is 95.0 cm³/mol. The number of carbonyl (C=O) groups excluding carboxylic acids is 1. The van der Waals surface area contributed by atoms with Crippen LogP contribution in [-0.4, -0.2) is 15.9 Å². The SMILES string of the molecule is Cc1nc(CSc2ccccc2C(=O)Nc2cccnc2)cs1. The lowest BCUT2D eigenvalue weighted by atomic mass is 10.2. The summed E-state index contributed by atoms with van der Waals surface area (Å²) in [5, 5.41) is 5.99. The largest absolute Gasteiger partial charge is 0.321 e. The number of amides is 1. The van der Waals surface area contributed by atoms with Gasteiger partial charge in [0.15, 0.2) is 0 Å². The Balaban J connectivity index is 1.73. The lowest BCUT2D eigenvalue weighted by molar-refractivity contribution is 0.102. The predicted octanol–water partition coefficient (Wildman–Crippen LogP) is 4.39. The van der Waals surface area contributed by atoms with Gasteiger partial charge in [0, 0.05) is 22.2 Å². The molecule has 6 heteroatoms. The number of benzene rings is 1. The van der Waals surface area contributed by atoms with Crippen LogP contribution < -0.4 is 5.32 Å². The van der Waals surface area contributed by atoms with E-state index in [0.717, 1.165) is 21.3 Å². The first-order valence-electron chi connectivity index (χ1n) is 7.06. The molecule has 0 aliphatic heterocycles. The quantitative estimate of drug-likeness (QED) is 0.699. The Kier molecular flexibility index (Phi) is 5.05. The van der Waals surface area contributed by atoms with Crippen LogP contribution in [0.2, 0.25) is 0 Å². The van der Waals surface area contributed by atoms with E-state index in [9.17, 15) is 4.79 Å². The number of anilines is 1. The van der Waals surface area contributed by atoms with Gasteiger partial charge in [-0.2, -0.15) is 0 Å². The van der Waals surface area contributed by atoms with Crippen molar-refractivity contribution in [3.05, 3.63) is 70.4 Å². The van der Waals surface area contributed by atoms with Crippen LogP contribution in [0.15, 0.2) is 59.1 Å². The summed E-state index contributed by atoms with van der Waals surface area (Å²) < 4.78 is 0. The van der Waals surface area contributed by atoms with Crippen LogP contribution in [0.25, 0.3) is 0 Å². The van der Waals surface area contributed by atoms with Crippen LogP contribution in [0.5, 0.6) is 0 Å². The number of aromatic nitrogens is 2. The van der Waals surface area contributed by atoms with E-state index >= 15 is 0 Å². The highest BCUT2D eigenvalue weighted by molar-refractivity contribution is 7.98. The smallest absolute Gasteiger partial charge is 0.256 e. The molecule has 0 spiro atoms. The third-order valence-electron chi connectivity index (χ3n) is 3.09. The summed E-state index contributed by atoms with van der Waals surface area (Å²) in [5.74, 6) is 0.622. The molecule has 23 heavy (non-hydrogen) atoms. The Hall–Kier alpha value is -2.18. The molecule has 0 fully saturated rings. The fourth-order valence-electron chi connectivity index (χ4n) is 2.04. The molecule has 116 valence electrons. The molecule has 0 aliphatic carbocycles. The second kappa shape index (κ2) is 7.39. The summed E-state index contributed by atoms with van der Waals surface area (Å²) >= 11 is 3.26. The third kappa shape index (κ3) is 4.18. The van der Waals surface area contributed by atoms with E-state index in [-0.39, 0.29) is 5.91 Å². The number of hydrogen-bond acceptors (Lipinski definition) is 5. The van der Waals surface area contributed by atoms with Crippen molar-refractivity contribution in [1.29, 1.82) is 0 Å². The summed E-state index contributed by atoms with van der Waals surface area (Å²) in [6.07, 6.45) is 3.31. The van der Waals surface area contributed by atoms with Crippen molar-refractivity contribution in [3.63, 3.8) is 0 Å². The molecule has 0 unspecified atom stereocenters. The van der Waals surface area contributed by atoms with Crippen LogP contribution in [0, 0.1) is 6.92 Å². The van der Waals surface area contributed by atoms with Gasteiger partial charge < -0.3 is 5.32 Å². The molecule has 2 aromatic heterocycles. The normalized spacial score (nSPS) is 10.5. The summed E-state index contributed by atoms with van der Waals surface area (Å²) in [5.41, 5.74) is 2.39. The monoisotopic (exact) mass is 341 g/mol. The highest BCUT2D eigenvalue weighted by atomic mass is 32.2. The molecule has 0 aliphatic rings. The highest BCUT2D eigenvalue weighted by Crippen LogP contribution is 2.27. The van der Waals surface area contributed by atoms with Gasteiger partial charge in [0.1, 0.15) is 0 Å². The molecule has 0 radical (unpaired) electrons. The van der Waals surface area contributed by atoms with Gasteiger partial charge in [0.05, 0.1) is 28.1 Å². The van der Waals surface area contributed by atoms with Crippen molar-refractivity contribution in [3.8, 4) is 0 Å². The van der Waals surface area contributed by atoms with Crippen LogP contribution in [-0.2, 0) is 5.75 Å². The maximum absolute atomic E-state index is 12.5. The summed E-state index contributed by atoms with van der Waals surface area (Å²) in [4.78, 5) is 21.9. The number of aryl methyl sites for hydroxylation is 1. The van der Waals surface area contributed by atoms with Gasteiger partial charge in [-0.25, -0.2) is 4.98 Å². The minimum absolute atomic E-state index is 0.129. The molecule has 3 rings (SSSR count). The number of nitrogens with zero attached hydrogens (tertiary/aromatic N) is 2. The molecule has 0 atom stereocenters. The first-order chi connectivity index (χ1) is 11.2. The first-order valence-corrected chi connectivity index (χ1v) is 8.93. The maximum atomic E-state index is 12.5. The van der Waals surface area contributed by atoms with Gasteiger partial charge >= 0.3 is 0 Å². The van der Waals surface area contributed by atoms with E-state index in [2.05, 4.69) is 20.7 Å². The van der Waals surface area contributed by atoms with Crippen LogP contribution in [0.1, 0.15) is 21.1 Å². The second-order valence-corrected chi connectivity index (χ2v) is 6.92. The summed E-state index contributed by atoms with van der Waals surface area (Å²) in [7, 11) is 0. The third-order valence-corrected chi connectivity index (χ3v) is 5.02. The van der Waals surface area contributed by atoms with Gasteiger partial charge in [0.25, 0.3) is 5.91 Å². The Morgan fingerprint density at radius 1 is 1.26 bits per heavy atom. The molecule has 2 heterocycles. The first kappa shape index (κ1) is 15.7. The summed E-state index contributed by atoms with van der Waals surface area (Å²) in [6.45, 7) is 1.99. The number of nitrogens with one attached hydrogen (secondary N) is 1. The lowest BCUT2D eigenvalue weighted by Gasteiger charge is -2.09. The Labute approximate surface area is 143 Å². The molecule has 0 saturated heterocycles. The average Bonchev–Trinajstić information content (AvgIpc) is 2.99. The second-order valence-electron chi connectivity index (χ2n) is 4.84. The minimum atomic E-state index is -0.129. The number of pyridine rings is 1. The van der Waals surface area contributed by atoms with Crippen molar-refractivity contribution in [2.45, 2.75) is 17.6 Å². The molecule has 4 nitrogen and oxygen atoms in total. The van der Waals surface area contributed by atoms with Crippen molar-refractivity contribution in [2.24, 2.45) is 0 Å². The van der Waals surface area contributed by atoms with Crippen molar-refractivity contribution in [2.75, 3.05) is 5.32 Å². The van der Waals surface area contributed by atoms with Gasteiger partial charge in [0.2, 0.25) is 0 Å². The average molecular weight is 341 g/mol. The van der Waals surface area contributed by atoms with E-state index in [1.165, 1.54) is 0 Å². The Morgan fingerprint density at radius 2 is 2.13 bits per heavy atom. The number of rotatable bonds is 5. The van der Waals surface area contributed by atoms with Gasteiger partial charge in [-0.1, -0.05) is 12.1 Å². The zero-order valence-corrected chi connectivity index (χ0v) is 14.2. The van der Waals surface area contributed by atoms with E-state index < -0.39 is 0 Å². The molecule has 3 aromatic rings. The zero-order valence-electron chi connectivity index (χ0n) is 12.5. The standard InChI is InChI=1S/C17H15N3OS2/c1-12-19-14(10-22-12)11-23-16-7-3-2-6-15(16)17(21)20-13-5-4-8-18-9-13/h2-10H,11H2,1H3,(H,20,21). The van der Waals surface area contributed by atoms with Crippen LogP contribution >= 0.6 is 23.1 Å². The van der Waals surface area contributed by atoms with Gasteiger partial charge in [-0.3, -0.25) is 9.78 Å². The van der Waals surface area contributed by atoms with Gasteiger partial charge in [-0.05, 0) is 31.2 Å². The van der Waals surface area contributed by atoms with Crippen molar-refractivity contribution >= 4 is 34.7 Å². The van der Waals surface area contributed by atoms with E-state index in [4.69, 9.17) is 0 Å². The minimum Gasteiger partial charge on any atom is -0.321 e. The summed E-state index contributed by atoms with van der Waals surface area (Å²) in [6, 6.07) is 11.2. The fraction of sp³-hybridized carbons (Fsp3) is 0.118. The van der Waals surface area contributed by atoms with E-state index in [0.29, 0.717) is 11.3 Å². The highest BCUT2D eigenvalue weighted by Gasteiger charge is 2.12. The number of thiazole rings is 1. The van der Waals surface area contributed by atoms with Crippen LogP contribution in [0.4, 0.5) is 5.69 Å². The van der Waals surface area contributed by atoms with Gasteiger partial charge in [-0.15, -0.1) is 23.1 Å². The zero-order chi connectivity index (χ0) is 16.1. The van der Waals surface area contributed by atoms with Crippen LogP contribution in [0.3, 0.4) is 0 Å². The fourth-order valence-corrected chi connectivity index (χ4v) is 3.70. The van der Waals surface area contributed by atoms with E-state index in [1.807, 2.05) is 37.3 Å². The Bertz CT molecular complexity index is 802. The molecule has 1 aromatic carbocycles. The molecular formula is C17H15N3OS2.